The number of alkyl halides is 1. The zero-order valence-electron chi connectivity index (χ0n) is 10.8. The van der Waals surface area contributed by atoms with Gasteiger partial charge in [0.15, 0.2) is 0 Å². The standard InChI is InChI=1S/C15H10BrCl2FN2/c16-9-1-4-13(11(19)7-9)21-14-8-10(18)2-3-12(14)20-15(21)5-6-17/h1-4,7-8H,5-6H2. The Kier molecular flexibility index (Phi) is 4.20. The number of rotatable bonds is 3. The lowest BCUT2D eigenvalue weighted by Gasteiger charge is -2.10. The molecule has 0 aliphatic rings. The minimum absolute atomic E-state index is 0.334. The fourth-order valence-corrected chi connectivity index (χ4v) is 2.95. The van der Waals surface area contributed by atoms with E-state index >= 15 is 0 Å². The van der Waals surface area contributed by atoms with Gasteiger partial charge in [-0.25, -0.2) is 9.37 Å². The second-order valence-corrected chi connectivity index (χ2v) is 6.26. The largest absolute Gasteiger partial charge is 0.293 e. The third kappa shape index (κ3) is 2.80. The van der Waals surface area contributed by atoms with Crippen LogP contribution in [0.4, 0.5) is 4.39 Å². The van der Waals surface area contributed by atoms with Crippen molar-refractivity contribution >= 4 is 50.2 Å². The van der Waals surface area contributed by atoms with Gasteiger partial charge in [0, 0.05) is 21.8 Å². The third-order valence-corrected chi connectivity index (χ3v) is 4.07. The van der Waals surface area contributed by atoms with E-state index in [1.165, 1.54) is 6.07 Å². The first-order chi connectivity index (χ1) is 10.1. The Morgan fingerprint density at radius 1 is 1.19 bits per heavy atom. The fraction of sp³-hybridized carbons (Fsp3) is 0.133. The first kappa shape index (κ1) is 14.8. The molecule has 0 fully saturated rings. The second kappa shape index (κ2) is 5.95. The monoisotopic (exact) mass is 386 g/mol. The molecule has 2 nitrogen and oxygen atoms in total. The van der Waals surface area contributed by atoms with Crippen molar-refractivity contribution in [1.29, 1.82) is 0 Å². The molecular weight excluding hydrogens is 378 g/mol. The van der Waals surface area contributed by atoms with Crippen molar-refractivity contribution in [3.05, 3.63) is 57.5 Å². The lowest BCUT2D eigenvalue weighted by molar-refractivity contribution is 0.616. The molecule has 108 valence electrons. The highest BCUT2D eigenvalue weighted by Crippen LogP contribution is 2.27. The summed E-state index contributed by atoms with van der Waals surface area (Å²) in [5.41, 5.74) is 1.97. The molecule has 0 aliphatic heterocycles. The van der Waals surface area contributed by atoms with Crippen LogP contribution in [0.1, 0.15) is 5.82 Å². The van der Waals surface area contributed by atoms with Crippen LogP contribution in [-0.4, -0.2) is 15.4 Å². The number of hydrogen-bond acceptors (Lipinski definition) is 1. The molecule has 0 saturated carbocycles. The van der Waals surface area contributed by atoms with Crippen LogP contribution in [0.5, 0.6) is 0 Å². The molecule has 0 spiro atoms. The zero-order valence-corrected chi connectivity index (χ0v) is 13.9. The molecule has 0 bridgehead atoms. The maximum atomic E-state index is 14.3. The van der Waals surface area contributed by atoms with Crippen LogP contribution in [-0.2, 0) is 6.42 Å². The van der Waals surface area contributed by atoms with Gasteiger partial charge >= 0.3 is 0 Å². The summed E-state index contributed by atoms with van der Waals surface area (Å²) in [7, 11) is 0. The zero-order chi connectivity index (χ0) is 15.0. The van der Waals surface area contributed by atoms with Crippen LogP contribution in [0, 0.1) is 5.82 Å². The van der Waals surface area contributed by atoms with E-state index in [2.05, 4.69) is 20.9 Å². The Morgan fingerprint density at radius 3 is 2.71 bits per heavy atom. The highest BCUT2D eigenvalue weighted by Gasteiger charge is 2.15. The van der Waals surface area contributed by atoms with Gasteiger partial charge in [0.25, 0.3) is 0 Å². The van der Waals surface area contributed by atoms with E-state index in [4.69, 9.17) is 23.2 Å². The van der Waals surface area contributed by atoms with Crippen molar-refractivity contribution < 1.29 is 4.39 Å². The van der Waals surface area contributed by atoms with Gasteiger partial charge in [0.1, 0.15) is 11.6 Å². The van der Waals surface area contributed by atoms with Crippen LogP contribution in [0.15, 0.2) is 40.9 Å². The molecule has 1 heterocycles. The molecule has 0 N–H and O–H groups in total. The van der Waals surface area contributed by atoms with Crippen molar-refractivity contribution in [1.82, 2.24) is 9.55 Å². The third-order valence-electron chi connectivity index (χ3n) is 3.15. The lowest BCUT2D eigenvalue weighted by atomic mass is 10.2. The van der Waals surface area contributed by atoms with Gasteiger partial charge in [-0.1, -0.05) is 27.5 Å². The van der Waals surface area contributed by atoms with E-state index in [-0.39, 0.29) is 5.82 Å². The topological polar surface area (TPSA) is 17.8 Å². The molecule has 0 amide bonds. The van der Waals surface area contributed by atoms with Gasteiger partial charge in [0.2, 0.25) is 0 Å². The molecule has 1 aromatic heterocycles. The molecule has 21 heavy (non-hydrogen) atoms. The van der Waals surface area contributed by atoms with Crippen molar-refractivity contribution in [2.75, 3.05) is 5.88 Å². The Labute approximate surface area is 139 Å². The molecule has 0 radical (unpaired) electrons. The van der Waals surface area contributed by atoms with Crippen molar-refractivity contribution in [2.45, 2.75) is 6.42 Å². The van der Waals surface area contributed by atoms with Gasteiger partial charge in [-0.3, -0.25) is 4.57 Å². The summed E-state index contributed by atoms with van der Waals surface area (Å²) in [4.78, 5) is 4.52. The predicted octanol–water partition coefficient (Wildman–Crippen LogP) is 5.36. The van der Waals surface area contributed by atoms with Crippen LogP contribution >= 0.6 is 39.1 Å². The minimum atomic E-state index is -0.334. The maximum Gasteiger partial charge on any atom is 0.148 e. The van der Waals surface area contributed by atoms with Crippen LogP contribution in [0.3, 0.4) is 0 Å². The number of hydrogen-bond donors (Lipinski definition) is 0. The molecular formula is C15H10BrCl2FN2. The van der Waals surface area contributed by atoms with E-state index in [1.807, 2.05) is 6.07 Å². The smallest absolute Gasteiger partial charge is 0.148 e. The summed E-state index contributed by atoms with van der Waals surface area (Å²) in [6.07, 6.45) is 0.545. The average Bonchev–Trinajstić information content (AvgIpc) is 2.77. The molecule has 0 aliphatic carbocycles. The van der Waals surface area contributed by atoms with E-state index in [9.17, 15) is 4.39 Å². The Balaban J connectivity index is 2.32. The molecule has 3 rings (SSSR count). The number of fused-ring (bicyclic) bond motifs is 1. The normalized spacial score (nSPS) is 11.2. The summed E-state index contributed by atoms with van der Waals surface area (Å²) in [6, 6.07) is 10.3. The van der Waals surface area contributed by atoms with E-state index in [0.717, 1.165) is 11.0 Å². The summed E-state index contributed by atoms with van der Waals surface area (Å²) in [6.45, 7) is 0. The Morgan fingerprint density at radius 2 is 2.00 bits per heavy atom. The second-order valence-electron chi connectivity index (χ2n) is 4.53. The van der Waals surface area contributed by atoms with Gasteiger partial charge in [-0.2, -0.15) is 0 Å². The number of benzene rings is 2. The quantitative estimate of drug-likeness (QED) is 0.553. The highest BCUT2D eigenvalue weighted by atomic mass is 79.9. The van der Waals surface area contributed by atoms with Gasteiger partial charge < -0.3 is 0 Å². The van der Waals surface area contributed by atoms with Crippen LogP contribution < -0.4 is 0 Å². The maximum absolute atomic E-state index is 14.3. The van der Waals surface area contributed by atoms with Crippen molar-refractivity contribution in [3.8, 4) is 5.69 Å². The number of aromatic nitrogens is 2. The van der Waals surface area contributed by atoms with Crippen LogP contribution in [0.2, 0.25) is 5.02 Å². The van der Waals surface area contributed by atoms with Gasteiger partial charge in [-0.15, -0.1) is 11.6 Å². The summed E-state index contributed by atoms with van der Waals surface area (Å²) < 4.78 is 16.8. The molecule has 3 aromatic rings. The predicted molar refractivity (Wildman–Crippen MR) is 88.2 cm³/mol. The van der Waals surface area contributed by atoms with Gasteiger partial charge in [-0.05, 0) is 36.4 Å². The average molecular weight is 388 g/mol. The lowest BCUT2D eigenvalue weighted by Crippen LogP contribution is -2.04. The SMILES string of the molecule is Fc1cc(Br)ccc1-n1c(CCCl)nc2ccc(Cl)cc21. The molecule has 0 atom stereocenters. The van der Waals surface area contributed by atoms with E-state index in [1.54, 1.807) is 28.8 Å². The molecule has 0 saturated heterocycles. The highest BCUT2D eigenvalue weighted by molar-refractivity contribution is 9.10. The summed E-state index contributed by atoms with van der Waals surface area (Å²) >= 11 is 15.2. The fourth-order valence-electron chi connectivity index (χ4n) is 2.28. The molecule has 2 aromatic carbocycles. The molecule has 6 heteroatoms. The first-order valence-corrected chi connectivity index (χ1v) is 7.99. The number of nitrogens with zero attached hydrogens (tertiary/aromatic N) is 2. The summed E-state index contributed by atoms with van der Waals surface area (Å²) in [5.74, 6) is 0.790. The number of halogens is 4. The Bertz CT molecular complexity index is 817. The summed E-state index contributed by atoms with van der Waals surface area (Å²) in [5, 5.41) is 0.582. The van der Waals surface area contributed by atoms with E-state index < -0.39 is 0 Å². The Hall–Kier alpha value is -1.10. The number of aryl methyl sites for hydroxylation is 1. The van der Waals surface area contributed by atoms with Crippen molar-refractivity contribution in [3.63, 3.8) is 0 Å². The van der Waals surface area contributed by atoms with Crippen molar-refractivity contribution in [2.24, 2.45) is 0 Å². The van der Waals surface area contributed by atoms with Crippen LogP contribution in [0.25, 0.3) is 16.7 Å². The first-order valence-electron chi connectivity index (χ1n) is 6.28. The van der Waals surface area contributed by atoms with E-state index in [0.29, 0.717) is 33.3 Å². The van der Waals surface area contributed by atoms with Gasteiger partial charge in [0.05, 0.1) is 16.7 Å². The molecule has 0 unspecified atom stereocenters. The number of imidazole rings is 1. The minimum Gasteiger partial charge on any atom is -0.293 e.